The second-order valence-electron chi connectivity index (χ2n) is 7.90. The van der Waals surface area contributed by atoms with Crippen LogP contribution in [0.4, 0.5) is 5.69 Å². The molecule has 0 saturated heterocycles. The van der Waals surface area contributed by atoms with Crippen molar-refractivity contribution in [3.05, 3.63) is 111 Å². The Morgan fingerprint density at radius 1 is 1.03 bits per heavy atom. The predicted molar refractivity (Wildman–Crippen MR) is 126 cm³/mol. The molecule has 172 valence electrons. The zero-order chi connectivity index (χ0) is 24.1. The lowest BCUT2D eigenvalue weighted by atomic mass is 10.1. The Morgan fingerprint density at radius 2 is 1.76 bits per heavy atom. The first-order valence-corrected chi connectivity index (χ1v) is 10.9. The second-order valence-corrected chi connectivity index (χ2v) is 7.90. The summed E-state index contributed by atoms with van der Waals surface area (Å²) in [5.74, 6) is -0.280. The molecule has 9 nitrogen and oxygen atoms in total. The lowest BCUT2D eigenvalue weighted by Crippen LogP contribution is -2.31. The van der Waals surface area contributed by atoms with Crippen LogP contribution in [0.5, 0.6) is 0 Å². The minimum absolute atomic E-state index is 0.0611. The monoisotopic (exact) mass is 456 g/mol. The number of hydrogen-bond donors (Lipinski definition) is 0. The van der Waals surface area contributed by atoms with Crippen LogP contribution < -0.4 is 0 Å². The normalized spacial score (nSPS) is 10.8. The minimum Gasteiger partial charge on any atom is -0.328 e. The van der Waals surface area contributed by atoms with Gasteiger partial charge in [0.1, 0.15) is 0 Å². The molecule has 1 amide bonds. The van der Waals surface area contributed by atoms with Crippen LogP contribution in [0.3, 0.4) is 0 Å². The molecule has 0 aliphatic heterocycles. The maximum absolute atomic E-state index is 13.6. The van der Waals surface area contributed by atoms with Gasteiger partial charge in [-0.1, -0.05) is 48.5 Å². The van der Waals surface area contributed by atoms with Gasteiger partial charge in [-0.15, -0.1) is 5.10 Å². The van der Waals surface area contributed by atoms with Crippen molar-refractivity contribution in [2.45, 2.75) is 33.4 Å². The minimum atomic E-state index is -0.471. The van der Waals surface area contributed by atoms with Gasteiger partial charge in [-0.05, 0) is 42.2 Å². The summed E-state index contributed by atoms with van der Waals surface area (Å²) in [6.45, 7) is 4.57. The third-order valence-electron chi connectivity index (χ3n) is 5.57. The van der Waals surface area contributed by atoms with E-state index < -0.39 is 4.92 Å². The molecule has 0 spiro atoms. The molecule has 0 atom stereocenters. The second kappa shape index (κ2) is 10.0. The highest BCUT2D eigenvalue weighted by atomic mass is 16.6. The number of aryl methyl sites for hydroxylation is 1. The molecule has 34 heavy (non-hydrogen) atoms. The van der Waals surface area contributed by atoms with E-state index >= 15 is 0 Å². The molecule has 0 aliphatic carbocycles. The van der Waals surface area contributed by atoms with Crippen LogP contribution >= 0.6 is 0 Å². The molecule has 0 bridgehead atoms. The molecule has 0 N–H and O–H groups in total. The number of aromatic nitrogens is 4. The number of nitro groups is 1. The molecule has 9 heteroatoms. The Kier molecular flexibility index (Phi) is 6.72. The third kappa shape index (κ3) is 4.98. The fourth-order valence-corrected chi connectivity index (χ4v) is 3.67. The fraction of sp³-hybridized carbons (Fsp3) is 0.200. The highest BCUT2D eigenvalue weighted by Crippen LogP contribution is 2.20. The van der Waals surface area contributed by atoms with Gasteiger partial charge in [0.2, 0.25) is 0 Å². The molecule has 2 aromatic heterocycles. The van der Waals surface area contributed by atoms with Crippen LogP contribution in [0.25, 0.3) is 5.69 Å². The van der Waals surface area contributed by atoms with Crippen LogP contribution in [0.2, 0.25) is 0 Å². The van der Waals surface area contributed by atoms with E-state index in [1.165, 1.54) is 22.4 Å². The van der Waals surface area contributed by atoms with Gasteiger partial charge in [-0.2, -0.15) is 0 Å². The molecule has 0 radical (unpaired) electrons. The van der Waals surface area contributed by atoms with Crippen LogP contribution in [-0.2, 0) is 19.5 Å². The molecular formula is C25H24N6O3. The number of carbonyl (C=O) groups is 1. The van der Waals surface area contributed by atoms with Crippen molar-refractivity contribution in [3.8, 4) is 5.69 Å². The average molecular weight is 457 g/mol. The van der Waals surface area contributed by atoms with Gasteiger partial charge in [-0.25, -0.2) is 4.68 Å². The summed E-state index contributed by atoms with van der Waals surface area (Å²) in [6, 6.07) is 18.0. The van der Waals surface area contributed by atoms with Crippen molar-refractivity contribution in [2.75, 3.05) is 0 Å². The predicted octanol–water partition coefficient (Wildman–Crippen LogP) is 4.28. The Balaban J connectivity index is 1.65. The molecule has 2 aromatic carbocycles. The van der Waals surface area contributed by atoms with E-state index in [2.05, 4.69) is 34.4 Å². The van der Waals surface area contributed by atoms with Gasteiger partial charge in [0.25, 0.3) is 11.6 Å². The Bertz CT molecular complexity index is 1300. The number of amides is 1. The van der Waals surface area contributed by atoms with E-state index in [1.54, 1.807) is 36.4 Å². The van der Waals surface area contributed by atoms with E-state index in [-0.39, 0.29) is 17.3 Å². The van der Waals surface area contributed by atoms with Gasteiger partial charge >= 0.3 is 0 Å². The van der Waals surface area contributed by atoms with Crippen molar-refractivity contribution in [1.82, 2.24) is 24.9 Å². The summed E-state index contributed by atoms with van der Waals surface area (Å²) in [5.41, 5.74) is 4.22. The van der Waals surface area contributed by atoms with E-state index in [0.29, 0.717) is 24.5 Å². The van der Waals surface area contributed by atoms with Gasteiger partial charge in [0.15, 0.2) is 5.69 Å². The van der Waals surface area contributed by atoms with Gasteiger partial charge < -0.3 is 4.90 Å². The Labute approximate surface area is 196 Å². The molecule has 2 heterocycles. The Morgan fingerprint density at radius 3 is 2.44 bits per heavy atom. The summed E-state index contributed by atoms with van der Waals surface area (Å²) in [7, 11) is 0. The maximum Gasteiger partial charge on any atom is 0.276 e. The summed E-state index contributed by atoms with van der Waals surface area (Å²) in [5, 5.41) is 19.4. The van der Waals surface area contributed by atoms with Crippen molar-refractivity contribution >= 4 is 11.6 Å². The van der Waals surface area contributed by atoms with Gasteiger partial charge in [0, 0.05) is 37.6 Å². The topological polar surface area (TPSA) is 107 Å². The molecule has 4 aromatic rings. The first-order chi connectivity index (χ1) is 16.5. The van der Waals surface area contributed by atoms with Crippen LogP contribution in [0.15, 0.2) is 73.1 Å². The third-order valence-corrected chi connectivity index (χ3v) is 5.57. The number of nitrogens with zero attached hydrogens (tertiary/aromatic N) is 6. The summed E-state index contributed by atoms with van der Waals surface area (Å²) in [4.78, 5) is 30.1. The molecule has 4 rings (SSSR count). The maximum atomic E-state index is 13.6. The van der Waals surface area contributed by atoms with Crippen LogP contribution in [-0.4, -0.2) is 35.7 Å². The Hall–Kier alpha value is -4.40. The summed E-state index contributed by atoms with van der Waals surface area (Å²) in [6.07, 6.45) is 4.36. The first-order valence-electron chi connectivity index (χ1n) is 10.9. The molecule has 0 aliphatic rings. The zero-order valence-electron chi connectivity index (χ0n) is 19.0. The van der Waals surface area contributed by atoms with Crippen LogP contribution in [0, 0.1) is 17.0 Å². The van der Waals surface area contributed by atoms with E-state index in [0.717, 1.165) is 17.5 Å². The van der Waals surface area contributed by atoms with Crippen molar-refractivity contribution in [1.29, 1.82) is 0 Å². The molecule has 0 fully saturated rings. The van der Waals surface area contributed by atoms with E-state index in [4.69, 9.17) is 0 Å². The number of non-ortho nitro benzene ring substituents is 1. The molecule has 0 saturated carbocycles. The van der Waals surface area contributed by atoms with Crippen molar-refractivity contribution < 1.29 is 9.72 Å². The molecule has 0 unspecified atom stereocenters. The standard InChI is InChI=1S/C25H24N6O3/c1-3-19-9-11-20(12-10-19)16-29(17-21-6-5-13-26-15-21)25(32)24-18(2)30(28-27-24)22-7-4-8-23(14-22)31(33)34/h4-15H,3,16-17H2,1-2H3. The number of nitro benzene ring substituents is 1. The van der Waals surface area contributed by atoms with Crippen LogP contribution in [0.1, 0.15) is 39.8 Å². The van der Waals surface area contributed by atoms with Crippen molar-refractivity contribution in [2.24, 2.45) is 0 Å². The highest BCUT2D eigenvalue weighted by Gasteiger charge is 2.24. The largest absolute Gasteiger partial charge is 0.328 e. The smallest absolute Gasteiger partial charge is 0.276 e. The SMILES string of the molecule is CCc1ccc(CN(Cc2cccnc2)C(=O)c2nnn(-c3cccc([N+](=O)[O-])c3)c2C)cc1. The number of pyridine rings is 1. The summed E-state index contributed by atoms with van der Waals surface area (Å²) < 4.78 is 1.44. The number of rotatable bonds is 8. The lowest BCUT2D eigenvalue weighted by molar-refractivity contribution is -0.384. The van der Waals surface area contributed by atoms with E-state index in [1.807, 2.05) is 24.3 Å². The first kappa shape index (κ1) is 22.8. The lowest BCUT2D eigenvalue weighted by Gasteiger charge is -2.22. The molecular weight excluding hydrogens is 432 g/mol. The van der Waals surface area contributed by atoms with Gasteiger partial charge in [0.05, 0.1) is 16.3 Å². The average Bonchev–Trinajstić information content (AvgIpc) is 3.25. The van der Waals surface area contributed by atoms with E-state index in [9.17, 15) is 14.9 Å². The number of carbonyl (C=O) groups excluding carboxylic acids is 1. The fourth-order valence-electron chi connectivity index (χ4n) is 3.67. The number of benzene rings is 2. The number of hydrogen-bond acceptors (Lipinski definition) is 6. The quantitative estimate of drug-likeness (QED) is 0.289. The highest BCUT2D eigenvalue weighted by molar-refractivity contribution is 5.93. The van der Waals surface area contributed by atoms with Gasteiger partial charge in [-0.3, -0.25) is 19.9 Å². The van der Waals surface area contributed by atoms with Crippen molar-refractivity contribution in [3.63, 3.8) is 0 Å². The summed E-state index contributed by atoms with van der Waals surface area (Å²) >= 11 is 0. The zero-order valence-corrected chi connectivity index (χ0v) is 19.0.